The molecule has 0 aromatic carbocycles. The molecule has 0 aromatic heterocycles. The Balaban J connectivity index is 1.63. The lowest BCUT2D eigenvalue weighted by atomic mass is 9.44. The van der Waals surface area contributed by atoms with Crippen molar-refractivity contribution in [3.8, 4) is 0 Å². The van der Waals surface area contributed by atoms with Gasteiger partial charge in [0.1, 0.15) is 11.9 Å². The lowest BCUT2D eigenvalue weighted by Gasteiger charge is -2.61. The number of carbonyl (C=O) groups is 2. The third-order valence-electron chi connectivity index (χ3n) is 8.72. The highest BCUT2D eigenvalue weighted by Crippen LogP contribution is 2.66. The molecular weight excluding hydrogens is 316 g/mol. The Kier molecular flexibility index (Phi) is 4.06. The van der Waals surface area contributed by atoms with Gasteiger partial charge in [-0.25, -0.2) is 0 Å². The summed E-state index contributed by atoms with van der Waals surface area (Å²) in [5.74, 6) is 1.78. The standard InChI is InChI=1S/C21H32O4/c1-12(22)25-18-5-4-15-19-16(7-9-21(15,18)3)20(2)8-6-14(23)10-13(20)11-17(19)24/h13,15-19,24H,4-11H2,1-3H3. The third kappa shape index (κ3) is 2.50. The minimum absolute atomic E-state index is 0.00149. The quantitative estimate of drug-likeness (QED) is 0.737. The van der Waals surface area contributed by atoms with Crippen LogP contribution in [-0.2, 0) is 14.3 Å². The Hall–Kier alpha value is -0.900. The van der Waals surface area contributed by atoms with E-state index in [1.165, 1.54) is 6.92 Å². The fraction of sp³-hybridized carbons (Fsp3) is 0.905. The summed E-state index contributed by atoms with van der Waals surface area (Å²) in [6.07, 6.45) is 6.96. The van der Waals surface area contributed by atoms with Gasteiger partial charge in [0.25, 0.3) is 0 Å². The van der Waals surface area contributed by atoms with Crippen molar-refractivity contribution in [2.45, 2.75) is 84.3 Å². The lowest BCUT2D eigenvalue weighted by Crippen LogP contribution is -2.58. The fourth-order valence-electron chi connectivity index (χ4n) is 7.36. The van der Waals surface area contributed by atoms with Gasteiger partial charge in [-0.15, -0.1) is 0 Å². The van der Waals surface area contributed by atoms with Crippen LogP contribution >= 0.6 is 0 Å². The van der Waals surface area contributed by atoms with E-state index in [1.807, 2.05) is 0 Å². The second kappa shape index (κ2) is 5.80. The van der Waals surface area contributed by atoms with E-state index in [9.17, 15) is 14.7 Å². The monoisotopic (exact) mass is 348 g/mol. The van der Waals surface area contributed by atoms with Crippen molar-refractivity contribution in [3.05, 3.63) is 0 Å². The zero-order valence-electron chi connectivity index (χ0n) is 15.8. The Morgan fingerprint density at radius 3 is 2.56 bits per heavy atom. The predicted octanol–water partition coefficient (Wildman–Crippen LogP) is 3.50. The molecule has 4 heteroatoms. The Bertz CT molecular complexity index is 586. The van der Waals surface area contributed by atoms with E-state index in [2.05, 4.69) is 13.8 Å². The molecule has 140 valence electrons. The number of rotatable bonds is 1. The SMILES string of the molecule is CC(=O)OC1CCC2C3C(O)CC4CC(=O)CCC4(C)C3CCC12C. The van der Waals surface area contributed by atoms with Gasteiger partial charge in [0.2, 0.25) is 0 Å². The summed E-state index contributed by atoms with van der Waals surface area (Å²) in [6, 6.07) is 0. The summed E-state index contributed by atoms with van der Waals surface area (Å²) in [4.78, 5) is 23.5. The van der Waals surface area contributed by atoms with Gasteiger partial charge in [-0.3, -0.25) is 9.59 Å². The van der Waals surface area contributed by atoms with E-state index >= 15 is 0 Å². The van der Waals surface area contributed by atoms with Gasteiger partial charge >= 0.3 is 5.97 Å². The summed E-state index contributed by atoms with van der Waals surface area (Å²) >= 11 is 0. The van der Waals surface area contributed by atoms with Gasteiger partial charge in [0.15, 0.2) is 0 Å². The van der Waals surface area contributed by atoms with Gasteiger partial charge in [-0.05, 0) is 67.6 Å². The maximum Gasteiger partial charge on any atom is 0.302 e. The van der Waals surface area contributed by atoms with E-state index in [0.29, 0.717) is 42.3 Å². The summed E-state index contributed by atoms with van der Waals surface area (Å²) in [6.45, 7) is 6.16. The van der Waals surface area contributed by atoms with Crippen LogP contribution in [0.3, 0.4) is 0 Å². The topological polar surface area (TPSA) is 63.6 Å². The van der Waals surface area contributed by atoms with Crippen LogP contribution in [0.25, 0.3) is 0 Å². The second-order valence-electron chi connectivity index (χ2n) is 9.76. The first kappa shape index (κ1) is 17.5. The van der Waals surface area contributed by atoms with Crippen molar-refractivity contribution in [2.24, 2.45) is 34.5 Å². The molecule has 4 aliphatic rings. The highest BCUT2D eigenvalue weighted by atomic mass is 16.5. The van der Waals surface area contributed by atoms with E-state index < -0.39 is 0 Å². The maximum atomic E-state index is 12.0. The number of esters is 1. The normalized spacial score (nSPS) is 52.1. The van der Waals surface area contributed by atoms with Crippen molar-refractivity contribution < 1.29 is 19.4 Å². The van der Waals surface area contributed by atoms with Gasteiger partial charge in [0, 0.05) is 25.2 Å². The smallest absolute Gasteiger partial charge is 0.302 e. The Labute approximate surface area is 150 Å². The van der Waals surface area contributed by atoms with Gasteiger partial charge in [0.05, 0.1) is 6.10 Å². The second-order valence-corrected chi connectivity index (χ2v) is 9.76. The zero-order chi connectivity index (χ0) is 18.0. The van der Waals surface area contributed by atoms with Crippen LogP contribution in [-0.4, -0.2) is 29.1 Å². The van der Waals surface area contributed by atoms with Gasteiger partial charge < -0.3 is 9.84 Å². The summed E-state index contributed by atoms with van der Waals surface area (Å²) in [7, 11) is 0. The molecule has 0 aliphatic heterocycles. The maximum absolute atomic E-state index is 12.0. The van der Waals surface area contributed by atoms with E-state index in [-0.39, 0.29) is 29.0 Å². The molecule has 0 saturated heterocycles. The molecule has 4 fully saturated rings. The number of aliphatic hydroxyl groups is 1. The van der Waals surface area contributed by atoms with Crippen LogP contribution < -0.4 is 0 Å². The molecule has 4 nitrogen and oxygen atoms in total. The first-order valence-electron chi connectivity index (χ1n) is 10.1. The molecule has 0 spiro atoms. The van der Waals surface area contributed by atoms with Crippen molar-refractivity contribution in [1.29, 1.82) is 0 Å². The van der Waals surface area contributed by atoms with Crippen molar-refractivity contribution in [3.63, 3.8) is 0 Å². The summed E-state index contributed by atoms with van der Waals surface area (Å²) in [5, 5.41) is 11.1. The molecular formula is C21H32O4. The lowest BCUT2D eigenvalue weighted by molar-refractivity contribution is -0.179. The first-order chi connectivity index (χ1) is 11.8. The number of fused-ring (bicyclic) bond motifs is 5. The van der Waals surface area contributed by atoms with Crippen molar-refractivity contribution in [2.75, 3.05) is 0 Å². The zero-order valence-corrected chi connectivity index (χ0v) is 15.8. The molecule has 4 rings (SSSR count). The number of carbonyl (C=O) groups excluding carboxylic acids is 2. The molecule has 4 saturated carbocycles. The minimum Gasteiger partial charge on any atom is -0.462 e. The van der Waals surface area contributed by atoms with Crippen LogP contribution in [0.15, 0.2) is 0 Å². The van der Waals surface area contributed by atoms with Crippen LogP contribution in [0.1, 0.15) is 72.1 Å². The van der Waals surface area contributed by atoms with Crippen LogP contribution in [0.2, 0.25) is 0 Å². The third-order valence-corrected chi connectivity index (χ3v) is 8.72. The fourth-order valence-corrected chi connectivity index (χ4v) is 7.36. The van der Waals surface area contributed by atoms with Gasteiger partial charge in [-0.2, -0.15) is 0 Å². The van der Waals surface area contributed by atoms with E-state index in [0.717, 1.165) is 38.5 Å². The molecule has 1 N–H and O–H groups in total. The van der Waals surface area contributed by atoms with Crippen LogP contribution in [0.5, 0.6) is 0 Å². The number of Topliss-reactive ketones (excluding diaryl/α,β-unsaturated/α-hetero) is 1. The average molecular weight is 348 g/mol. The molecule has 4 aliphatic carbocycles. The molecule has 0 bridgehead atoms. The number of aliphatic hydroxyl groups excluding tert-OH is 1. The first-order valence-corrected chi connectivity index (χ1v) is 10.1. The number of hydrogen-bond donors (Lipinski definition) is 1. The minimum atomic E-state index is -0.310. The molecule has 8 unspecified atom stereocenters. The van der Waals surface area contributed by atoms with Crippen molar-refractivity contribution >= 4 is 11.8 Å². The summed E-state index contributed by atoms with van der Waals surface area (Å²) in [5.41, 5.74) is 0.195. The van der Waals surface area contributed by atoms with E-state index in [4.69, 9.17) is 4.74 Å². The number of hydrogen-bond acceptors (Lipinski definition) is 4. The summed E-state index contributed by atoms with van der Waals surface area (Å²) < 4.78 is 5.68. The van der Waals surface area contributed by atoms with Crippen LogP contribution in [0, 0.1) is 34.5 Å². The number of ether oxygens (including phenoxy) is 1. The largest absolute Gasteiger partial charge is 0.462 e. The molecule has 8 atom stereocenters. The highest BCUT2D eigenvalue weighted by molar-refractivity contribution is 5.79. The predicted molar refractivity (Wildman–Crippen MR) is 93.7 cm³/mol. The molecule has 25 heavy (non-hydrogen) atoms. The van der Waals surface area contributed by atoms with Crippen LogP contribution in [0.4, 0.5) is 0 Å². The average Bonchev–Trinajstić information content (AvgIpc) is 2.85. The molecule has 0 heterocycles. The van der Waals surface area contributed by atoms with Gasteiger partial charge in [-0.1, -0.05) is 13.8 Å². The Morgan fingerprint density at radius 1 is 1.12 bits per heavy atom. The molecule has 0 amide bonds. The number of ketones is 1. The highest BCUT2D eigenvalue weighted by Gasteiger charge is 2.63. The molecule has 0 aromatic rings. The van der Waals surface area contributed by atoms with E-state index in [1.54, 1.807) is 0 Å². The van der Waals surface area contributed by atoms with Crippen molar-refractivity contribution in [1.82, 2.24) is 0 Å². The molecule has 0 radical (unpaired) electrons. The Morgan fingerprint density at radius 2 is 1.84 bits per heavy atom.